The third kappa shape index (κ3) is 3.91. The Labute approximate surface area is 146 Å². The quantitative estimate of drug-likeness (QED) is 0.915. The summed E-state index contributed by atoms with van der Waals surface area (Å²) in [5.74, 6) is -0.135. The molecule has 2 unspecified atom stereocenters. The molecule has 0 radical (unpaired) electrons. The summed E-state index contributed by atoms with van der Waals surface area (Å²) in [6.45, 7) is 3.34. The molecule has 0 aliphatic carbocycles. The van der Waals surface area contributed by atoms with Crippen molar-refractivity contribution in [1.82, 2.24) is 19.9 Å². The molecule has 1 amide bonds. The van der Waals surface area contributed by atoms with Gasteiger partial charge in [-0.2, -0.15) is 0 Å². The molecular weight excluding hydrogens is 333 g/mol. The van der Waals surface area contributed by atoms with Crippen molar-refractivity contribution in [2.45, 2.75) is 25.8 Å². The van der Waals surface area contributed by atoms with Crippen LogP contribution in [0.15, 0.2) is 30.5 Å². The van der Waals surface area contributed by atoms with Crippen LogP contribution in [0.1, 0.15) is 30.3 Å². The van der Waals surface area contributed by atoms with Gasteiger partial charge in [0.15, 0.2) is 5.69 Å². The van der Waals surface area contributed by atoms with E-state index in [0.29, 0.717) is 30.4 Å². The minimum atomic E-state index is -0.319. The van der Waals surface area contributed by atoms with Gasteiger partial charge in [0.05, 0.1) is 11.9 Å². The Morgan fingerprint density at radius 3 is 2.75 bits per heavy atom. The lowest BCUT2D eigenvalue weighted by Crippen LogP contribution is -2.45. The lowest BCUT2D eigenvalue weighted by molar-refractivity contribution is 0.0655. The lowest BCUT2D eigenvalue weighted by atomic mass is 9.92. The molecule has 1 aromatic heterocycles. The first-order chi connectivity index (χ1) is 11.0. The Bertz CT molecular complexity index is 688. The van der Waals surface area contributed by atoms with Crippen LogP contribution in [0.25, 0.3) is 5.69 Å². The van der Waals surface area contributed by atoms with Crippen molar-refractivity contribution in [3.05, 3.63) is 42.0 Å². The van der Waals surface area contributed by atoms with Gasteiger partial charge in [-0.15, -0.1) is 17.5 Å². The maximum atomic E-state index is 13.0. The first-order valence-corrected chi connectivity index (χ1v) is 7.78. The van der Waals surface area contributed by atoms with Crippen molar-refractivity contribution in [2.75, 3.05) is 13.1 Å². The van der Waals surface area contributed by atoms with Crippen LogP contribution in [0.2, 0.25) is 0 Å². The smallest absolute Gasteiger partial charge is 0.276 e. The van der Waals surface area contributed by atoms with Crippen molar-refractivity contribution < 1.29 is 9.18 Å². The lowest BCUT2D eigenvalue weighted by Gasteiger charge is -2.34. The van der Waals surface area contributed by atoms with Gasteiger partial charge in [-0.3, -0.25) is 4.79 Å². The summed E-state index contributed by atoms with van der Waals surface area (Å²) in [5.41, 5.74) is 6.91. The fraction of sp³-hybridized carbons (Fsp3) is 0.438. The first-order valence-electron chi connectivity index (χ1n) is 7.78. The van der Waals surface area contributed by atoms with E-state index < -0.39 is 0 Å². The molecule has 0 spiro atoms. The molecule has 8 heteroatoms. The number of aromatic nitrogens is 3. The molecule has 1 fully saturated rings. The van der Waals surface area contributed by atoms with E-state index >= 15 is 0 Å². The number of hydrogen-bond acceptors (Lipinski definition) is 4. The van der Waals surface area contributed by atoms with E-state index in [2.05, 4.69) is 10.3 Å². The van der Waals surface area contributed by atoms with Gasteiger partial charge in [-0.25, -0.2) is 9.07 Å². The number of rotatable bonds is 3. The largest absolute Gasteiger partial charge is 0.337 e. The second-order valence-electron chi connectivity index (χ2n) is 6.04. The van der Waals surface area contributed by atoms with Gasteiger partial charge < -0.3 is 10.6 Å². The summed E-state index contributed by atoms with van der Waals surface area (Å²) in [7, 11) is 0. The number of halogens is 2. The zero-order valence-corrected chi connectivity index (χ0v) is 14.2. The molecule has 2 atom stereocenters. The fourth-order valence-corrected chi connectivity index (χ4v) is 2.87. The second kappa shape index (κ2) is 7.72. The Morgan fingerprint density at radius 1 is 1.38 bits per heavy atom. The van der Waals surface area contributed by atoms with Gasteiger partial charge in [0.2, 0.25) is 0 Å². The van der Waals surface area contributed by atoms with E-state index in [4.69, 9.17) is 5.73 Å². The fourth-order valence-electron chi connectivity index (χ4n) is 2.87. The SMILES string of the molecule is CC(N)C1CCCN(C(=O)c2cn(-c3ccc(F)cc3)nn2)C1.Cl. The number of amides is 1. The molecule has 2 N–H and O–H groups in total. The summed E-state index contributed by atoms with van der Waals surface area (Å²) in [6, 6.07) is 5.93. The number of nitrogens with zero attached hydrogens (tertiary/aromatic N) is 4. The summed E-state index contributed by atoms with van der Waals surface area (Å²) in [6.07, 6.45) is 3.57. The number of hydrogen-bond donors (Lipinski definition) is 1. The number of nitrogens with two attached hydrogens (primary N) is 1. The van der Waals surface area contributed by atoms with Gasteiger partial charge in [0, 0.05) is 19.1 Å². The third-order valence-electron chi connectivity index (χ3n) is 4.29. The molecule has 0 bridgehead atoms. The molecule has 130 valence electrons. The maximum absolute atomic E-state index is 13.0. The summed E-state index contributed by atoms with van der Waals surface area (Å²) in [5, 5.41) is 7.91. The average Bonchev–Trinajstić information content (AvgIpc) is 3.05. The van der Waals surface area contributed by atoms with E-state index in [1.807, 2.05) is 6.92 Å². The summed E-state index contributed by atoms with van der Waals surface area (Å²) in [4.78, 5) is 14.4. The molecule has 24 heavy (non-hydrogen) atoms. The van der Waals surface area contributed by atoms with Crippen molar-refractivity contribution in [1.29, 1.82) is 0 Å². The normalized spacial score (nSPS) is 18.8. The molecular formula is C16H21ClFN5O. The maximum Gasteiger partial charge on any atom is 0.276 e. The highest BCUT2D eigenvalue weighted by atomic mass is 35.5. The molecule has 2 heterocycles. The van der Waals surface area contributed by atoms with Crippen molar-refractivity contribution in [2.24, 2.45) is 11.7 Å². The van der Waals surface area contributed by atoms with Crippen LogP contribution in [-0.2, 0) is 0 Å². The Hall–Kier alpha value is -1.99. The van der Waals surface area contributed by atoms with E-state index in [0.717, 1.165) is 12.8 Å². The molecule has 1 aromatic carbocycles. The van der Waals surface area contributed by atoms with Crippen LogP contribution in [0.4, 0.5) is 4.39 Å². The van der Waals surface area contributed by atoms with Gasteiger partial charge in [-0.1, -0.05) is 5.21 Å². The van der Waals surface area contributed by atoms with Crippen LogP contribution in [0.5, 0.6) is 0 Å². The molecule has 1 saturated heterocycles. The number of carbonyl (C=O) groups is 1. The number of piperidine rings is 1. The van der Waals surface area contributed by atoms with Crippen LogP contribution in [0.3, 0.4) is 0 Å². The monoisotopic (exact) mass is 353 g/mol. The molecule has 3 rings (SSSR count). The number of benzene rings is 1. The average molecular weight is 354 g/mol. The van der Waals surface area contributed by atoms with Gasteiger partial charge in [0.1, 0.15) is 5.82 Å². The Morgan fingerprint density at radius 2 is 2.08 bits per heavy atom. The minimum absolute atomic E-state index is 0. The van der Waals surface area contributed by atoms with Crippen LogP contribution < -0.4 is 5.73 Å². The topological polar surface area (TPSA) is 77.0 Å². The highest BCUT2D eigenvalue weighted by Gasteiger charge is 2.27. The van der Waals surface area contributed by atoms with Crippen LogP contribution in [0, 0.1) is 11.7 Å². The van der Waals surface area contributed by atoms with Gasteiger partial charge >= 0.3 is 0 Å². The number of carbonyl (C=O) groups excluding carboxylic acids is 1. The van der Waals surface area contributed by atoms with Crippen molar-refractivity contribution in [3.8, 4) is 5.69 Å². The predicted octanol–water partition coefficient (Wildman–Crippen LogP) is 2.03. The number of likely N-dealkylation sites (tertiary alicyclic amines) is 1. The zero-order valence-electron chi connectivity index (χ0n) is 13.4. The molecule has 1 aliphatic rings. The van der Waals surface area contributed by atoms with E-state index in [-0.39, 0.29) is 30.2 Å². The standard InChI is InChI=1S/C16H20FN5O.ClH/c1-11(18)12-3-2-8-21(9-12)16(23)15-10-22(20-19-15)14-6-4-13(17)5-7-14;/h4-7,10-12H,2-3,8-9,18H2,1H3;1H. The van der Waals surface area contributed by atoms with E-state index in [1.54, 1.807) is 23.2 Å². The highest BCUT2D eigenvalue weighted by molar-refractivity contribution is 5.92. The van der Waals surface area contributed by atoms with Crippen LogP contribution in [-0.4, -0.2) is 44.9 Å². The minimum Gasteiger partial charge on any atom is -0.337 e. The zero-order chi connectivity index (χ0) is 16.4. The van der Waals surface area contributed by atoms with Gasteiger partial charge in [0.25, 0.3) is 5.91 Å². The third-order valence-corrected chi connectivity index (χ3v) is 4.29. The first kappa shape index (κ1) is 18.4. The second-order valence-corrected chi connectivity index (χ2v) is 6.04. The Kier molecular flexibility index (Phi) is 5.90. The molecule has 6 nitrogen and oxygen atoms in total. The van der Waals surface area contributed by atoms with Crippen molar-refractivity contribution >= 4 is 18.3 Å². The van der Waals surface area contributed by atoms with Crippen LogP contribution >= 0.6 is 12.4 Å². The summed E-state index contributed by atoms with van der Waals surface area (Å²) < 4.78 is 14.4. The predicted molar refractivity (Wildman–Crippen MR) is 90.8 cm³/mol. The van der Waals surface area contributed by atoms with Gasteiger partial charge in [-0.05, 0) is 49.9 Å². The molecule has 1 aliphatic heterocycles. The van der Waals surface area contributed by atoms with E-state index in [9.17, 15) is 9.18 Å². The molecule has 0 saturated carbocycles. The van der Waals surface area contributed by atoms with Crippen molar-refractivity contribution in [3.63, 3.8) is 0 Å². The Balaban J connectivity index is 0.00000208. The molecule has 2 aromatic rings. The van der Waals surface area contributed by atoms with E-state index in [1.165, 1.54) is 16.8 Å². The summed E-state index contributed by atoms with van der Waals surface area (Å²) >= 11 is 0. The highest BCUT2D eigenvalue weighted by Crippen LogP contribution is 2.20.